The summed E-state index contributed by atoms with van der Waals surface area (Å²) in [4.78, 5) is 23.3. The van der Waals surface area contributed by atoms with Crippen molar-refractivity contribution in [3.63, 3.8) is 0 Å². The van der Waals surface area contributed by atoms with E-state index in [4.69, 9.17) is 21.6 Å². The lowest BCUT2D eigenvalue weighted by molar-refractivity contribution is -0.136. The fraction of sp³-hybridized carbons (Fsp3) is 0.308. The molecule has 6 nitrogen and oxygen atoms in total. The number of halogens is 1. The number of carbonyl (C=O) groups excluding carboxylic acids is 2. The quantitative estimate of drug-likeness (QED) is 0.819. The van der Waals surface area contributed by atoms with Gasteiger partial charge >= 0.3 is 11.8 Å². The molecule has 0 aromatic heterocycles. The van der Waals surface area contributed by atoms with Crippen molar-refractivity contribution in [2.45, 2.75) is 13.0 Å². The molecule has 20 heavy (non-hydrogen) atoms. The zero-order valence-corrected chi connectivity index (χ0v) is 11.8. The summed E-state index contributed by atoms with van der Waals surface area (Å²) >= 11 is 5.78. The Morgan fingerprint density at radius 2 is 2.15 bits per heavy atom. The van der Waals surface area contributed by atoms with Crippen LogP contribution in [0.1, 0.15) is 12.5 Å². The van der Waals surface area contributed by atoms with Gasteiger partial charge in [0.2, 0.25) is 0 Å². The molecule has 7 heteroatoms. The van der Waals surface area contributed by atoms with Gasteiger partial charge in [0.1, 0.15) is 6.07 Å². The zero-order chi connectivity index (χ0) is 15.1. The van der Waals surface area contributed by atoms with E-state index >= 15 is 0 Å². The Balaban J connectivity index is 2.73. The molecule has 0 saturated heterocycles. The van der Waals surface area contributed by atoms with Crippen LogP contribution in [0.15, 0.2) is 18.2 Å². The van der Waals surface area contributed by atoms with Crippen LogP contribution in [0, 0.1) is 11.3 Å². The van der Waals surface area contributed by atoms with Crippen LogP contribution < -0.4 is 10.6 Å². The van der Waals surface area contributed by atoms with Crippen LogP contribution in [0.25, 0.3) is 0 Å². The van der Waals surface area contributed by atoms with Crippen LogP contribution in [-0.2, 0) is 14.3 Å². The van der Waals surface area contributed by atoms with Gasteiger partial charge in [-0.2, -0.15) is 5.26 Å². The molecule has 0 aliphatic carbocycles. The molecular formula is C13H14ClN3O3. The monoisotopic (exact) mass is 295 g/mol. The molecular weight excluding hydrogens is 282 g/mol. The Hall–Kier alpha value is -2.10. The van der Waals surface area contributed by atoms with Gasteiger partial charge in [0.05, 0.1) is 17.9 Å². The first-order chi connectivity index (χ1) is 9.47. The highest BCUT2D eigenvalue weighted by Crippen LogP contribution is 2.20. The van der Waals surface area contributed by atoms with Crippen molar-refractivity contribution in [3.05, 3.63) is 28.8 Å². The third kappa shape index (κ3) is 4.53. The number of rotatable bonds is 4. The molecule has 2 amide bonds. The number of nitriles is 1. The second kappa shape index (κ2) is 7.48. The fourth-order valence-electron chi connectivity index (χ4n) is 1.48. The van der Waals surface area contributed by atoms with E-state index in [9.17, 15) is 9.59 Å². The lowest BCUT2D eigenvalue weighted by Crippen LogP contribution is -2.42. The van der Waals surface area contributed by atoms with Gasteiger partial charge in [0.15, 0.2) is 0 Å². The van der Waals surface area contributed by atoms with Gasteiger partial charge in [0, 0.05) is 18.2 Å². The Kier molecular flexibility index (Phi) is 5.97. The summed E-state index contributed by atoms with van der Waals surface area (Å²) < 4.78 is 4.85. The number of benzene rings is 1. The van der Waals surface area contributed by atoms with E-state index < -0.39 is 11.8 Å². The summed E-state index contributed by atoms with van der Waals surface area (Å²) in [6.45, 7) is 1.99. The van der Waals surface area contributed by atoms with E-state index in [1.165, 1.54) is 25.3 Å². The SMILES string of the molecule is COC[C@H](C)NC(=O)C(=O)Nc1cc(Cl)ccc1C#N. The smallest absolute Gasteiger partial charge is 0.313 e. The van der Waals surface area contributed by atoms with Crippen molar-refractivity contribution >= 4 is 29.1 Å². The second-order valence-electron chi connectivity index (χ2n) is 4.09. The molecule has 1 aromatic carbocycles. The molecule has 2 N–H and O–H groups in total. The molecule has 0 radical (unpaired) electrons. The summed E-state index contributed by atoms with van der Waals surface area (Å²) in [6.07, 6.45) is 0. The van der Waals surface area contributed by atoms with Crippen LogP contribution in [0.2, 0.25) is 5.02 Å². The van der Waals surface area contributed by atoms with Gasteiger partial charge in [-0.15, -0.1) is 0 Å². The van der Waals surface area contributed by atoms with Gasteiger partial charge < -0.3 is 15.4 Å². The maximum Gasteiger partial charge on any atom is 0.313 e. The minimum Gasteiger partial charge on any atom is -0.383 e. The Morgan fingerprint density at radius 1 is 1.45 bits per heavy atom. The zero-order valence-electron chi connectivity index (χ0n) is 11.1. The van der Waals surface area contributed by atoms with Crippen LogP contribution >= 0.6 is 11.6 Å². The maximum atomic E-state index is 11.7. The lowest BCUT2D eigenvalue weighted by atomic mass is 10.2. The highest BCUT2D eigenvalue weighted by molar-refractivity contribution is 6.40. The third-order valence-electron chi connectivity index (χ3n) is 2.35. The molecule has 0 unspecified atom stereocenters. The number of methoxy groups -OCH3 is 1. The predicted molar refractivity (Wildman–Crippen MR) is 74.3 cm³/mol. The summed E-state index contributed by atoms with van der Waals surface area (Å²) in [6, 6.07) is 6.00. The molecule has 0 aliphatic heterocycles. The normalized spacial score (nSPS) is 11.3. The molecule has 1 atom stereocenters. The van der Waals surface area contributed by atoms with Crippen LogP contribution in [0.4, 0.5) is 5.69 Å². The standard InChI is InChI=1S/C13H14ClN3O3/c1-8(7-20-2)16-12(18)13(19)17-11-5-10(14)4-3-9(11)6-15/h3-5,8H,7H2,1-2H3,(H,16,18)(H,17,19)/t8-/m0/s1. The van der Waals surface area contributed by atoms with Crippen molar-refractivity contribution in [1.82, 2.24) is 5.32 Å². The van der Waals surface area contributed by atoms with Crippen molar-refractivity contribution in [3.8, 4) is 6.07 Å². The van der Waals surface area contributed by atoms with E-state index in [1.807, 2.05) is 6.07 Å². The molecule has 0 aliphatic rings. The van der Waals surface area contributed by atoms with Crippen molar-refractivity contribution in [2.75, 3.05) is 19.0 Å². The average molecular weight is 296 g/mol. The van der Waals surface area contributed by atoms with Gasteiger partial charge in [-0.1, -0.05) is 11.6 Å². The first-order valence-electron chi connectivity index (χ1n) is 5.78. The molecule has 0 fully saturated rings. The third-order valence-corrected chi connectivity index (χ3v) is 2.59. The Morgan fingerprint density at radius 3 is 2.75 bits per heavy atom. The first-order valence-corrected chi connectivity index (χ1v) is 6.16. The summed E-state index contributed by atoms with van der Waals surface area (Å²) in [7, 11) is 1.49. The van der Waals surface area contributed by atoms with Crippen LogP contribution in [-0.4, -0.2) is 31.6 Å². The summed E-state index contributed by atoms with van der Waals surface area (Å²) in [5, 5.41) is 14.1. The highest BCUT2D eigenvalue weighted by Gasteiger charge is 2.17. The first kappa shape index (κ1) is 16.0. The minimum atomic E-state index is -0.869. The predicted octanol–water partition coefficient (Wildman–Crippen LogP) is 1.30. The number of nitrogens with zero attached hydrogens (tertiary/aromatic N) is 1. The second-order valence-corrected chi connectivity index (χ2v) is 4.52. The molecule has 0 heterocycles. The van der Waals surface area contributed by atoms with Crippen molar-refractivity contribution in [1.29, 1.82) is 5.26 Å². The topological polar surface area (TPSA) is 91.2 Å². The van der Waals surface area contributed by atoms with Gasteiger partial charge in [0.25, 0.3) is 0 Å². The molecule has 0 spiro atoms. The maximum absolute atomic E-state index is 11.7. The number of carbonyl (C=O) groups is 2. The lowest BCUT2D eigenvalue weighted by Gasteiger charge is -2.13. The summed E-state index contributed by atoms with van der Waals surface area (Å²) in [5.74, 6) is -1.68. The van der Waals surface area contributed by atoms with E-state index in [1.54, 1.807) is 6.92 Å². The van der Waals surface area contributed by atoms with Gasteiger partial charge in [-0.25, -0.2) is 0 Å². The molecule has 1 rings (SSSR count). The van der Waals surface area contributed by atoms with Crippen LogP contribution in [0.3, 0.4) is 0 Å². The van der Waals surface area contributed by atoms with E-state index in [0.717, 1.165) is 0 Å². The number of amides is 2. The Bertz CT molecular complexity index is 554. The number of hydrogen-bond donors (Lipinski definition) is 2. The van der Waals surface area contributed by atoms with Crippen molar-refractivity contribution < 1.29 is 14.3 Å². The number of anilines is 1. The fourth-order valence-corrected chi connectivity index (χ4v) is 1.65. The molecule has 1 aromatic rings. The summed E-state index contributed by atoms with van der Waals surface area (Å²) in [5.41, 5.74) is 0.417. The van der Waals surface area contributed by atoms with E-state index in [-0.39, 0.29) is 17.3 Å². The minimum absolute atomic E-state index is 0.194. The molecule has 106 valence electrons. The largest absolute Gasteiger partial charge is 0.383 e. The highest BCUT2D eigenvalue weighted by atomic mass is 35.5. The molecule has 0 bridgehead atoms. The van der Waals surface area contributed by atoms with Gasteiger partial charge in [-0.3, -0.25) is 9.59 Å². The number of nitrogens with one attached hydrogen (secondary N) is 2. The number of ether oxygens (including phenoxy) is 1. The van der Waals surface area contributed by atoms with E-state index in [0.29, 0.717) is 11.6 Å². The van der Waals surface area contributed by atoms with Gasteiger partial charge in [-0.05, 0) is 25.1 Å². The molecule has 0 saturated carbocycles. The van der Waals surface area contributed by atoms with Crippen molar-refractivity contribution in [2.24, 2.45) is 0 Å². The van der Waals surface area contributed by atoms with Crippen LogP contribution in [0.5, 0.6) is 0 Å². The Labute approximate surface area is 121 Å². The average Bonchev–Trinajstić information content (AvgIpc) is 2.39. The number of hydrogen-bond acceptors (Lipinski definition) is 4. The van der Waals surface area contributed by atoms with E-state index in [2.05, 4.69) is 10.6 Å².